The molecule has 0 aromatic heterocycles. The molecule has 8 heteroatoms. The van der Waals surface area contributed by atoms with Crippen LogP contribution in [0.1, 0.15) is 18.4 Å². The lowest BCUT2D eigenvalue weighted by atomic mass is 10.1. The van der Waals surface area contributed by atoms with Gasteiger partial charge in [-0.15, -0.1) is 0 Å². The number of nitro benzene ring substituents is 1. The number of nitrogens with zero attached hydrogens (tertiary/aromatic N) is 2. The molecule has 2 N–H and O–H groups in total. The van der Waals surface area contributed by atoms with Gasteiger partial charge in [0.1, 0.15) is 6.04 Å². The Labute approximate surface area is 120 Å². The summed E-state index contributed by atoms with van der Waals surface area (Å²) in [6.45, 7) is 0. The van der Waals surface area contributed by atoms with Gasteiger partial charge in [-0.05, 0) is 12.0 Å². The Morgan fingerprint density at radius 1 is 1.48 bits per heavy atom. The van der Waals surface area contributed by atoms with Crippen molar-refractivity contribution in [2.75, 3.05) is 0 Å². The van der Waals surface area contributed by atoms with Gasteiger partial charge in [0.2, 0.25) is 5.91 Å². The van der Waals surface area contributed by atoms with Crippen LogP contribution in [0.25, 0.3) is 0 Å². The largest absolute Gasteiger partial charge is 0.480 e. The van der Waals surface area contributed by atoms with Gasteiger partial charge >= 0.3 is 5.97 Å². The summed E-state index contributed by atoms with van der Waals surface area (Å²) in [5, 5.41) is 30.3. The number of carbonyl (C=O) groups excluding carboxylic acids is 1. The monoisotopic (exact) mass is 291 g/mol. The second kappa shape index (κ2) is 7.59. The number of aliphatic carboxylic acids is 1. The summed E-state index contributed by atoms with van der Waals surface area (Å²) in [6, 6.07) is 6.21. The highest BCUT2D eigenvalue weighted by atomic mass is 16.6. The minimum atomic E-state index is -1.22. The number of carboxylic acids is 1. The quantitative estimate of drug-likeness (QED) is 0.568. The van der Waals surface area contributed by atoms with Crippen molar-refractivity contribution in [3.63, 3.8) is 0 Å². The summed E-state index contributed by atoms with van der Waals surface area (Å²) in [7, 11) is 0. The molecule has 110 valence electrons. The molecular weight excluding hydrogens is 278 g/mol. The fourth-order valence-corrected chi connectivity index (χ4v) is 1.68. The van der Waals surface area contributed by atoms with Crippen LogP contribution in [-0.4, -0.2) is 27.9 Å². The number of nitriles is 1. The lowest BCUT2D eigenvalue weighted by molar-refractivity contribution is -0.384. The van der Waals surface area contributed by atoms with E-state index in [0.29, 0.717) is 5.56 Å². The molecule has 0 heterocycles. The van der Waals surface area contributed by atoms with Crippen LogP contribution in [0.3, 0.4) is 0 Å². The smallest absolute Gasteiger partial charge is 0.326 e. The number of carbonyl (C=O) groups is 2. The second-order valence-corrected chi connectivity index (χ2v) is 4.26. The molecule has 8 nitrogen and oxygen atoms in total. The Morgan fingerprint density at radius 3 is 2.76 bits per heavy atom. The molecule has 0 aliphatic heterocycles. The molecule has 1 rings (SSSR count). The van der Waals surface area contributed by atoms with Gasteiger partial charge in [-0.25, -0.2) is 4.79 Å². The molecule has 0 fully saturated rings. The maximum Gasteiger partial charge on any atom is 0.326 e. The second-order valence-electron chi connectivity index (χ2n) is 4.26. The standard InChI is InChI=1S/C13H13N3O5/c14-6-2-5-11(13(18)19)15-12(17)8-9-3-1-4-10(7-9)16(20)21/h1,3-4,7,11H,2,5,8H2,(H,15,17)(H,18,19)/t11-/m0/s1. The molecule has 0 radical (unpaired) electrons. The molecule has 0 bridgehead atoms. The van der Waals surface area contributed by atoms with E-state index in [2.05, 4.69) is 5.32 Å². The molecule has 0 saturated carbocycles. The molecule has 0 aliphatic carbocycles. The number of amides is 1. The number of hydrogen-bond acceptors (Lipinski definition) is 5. The zero-order chi connectivity index (χ0) is 15.8. The highest BCUT2D eigenvalue weighted by Gasteiger charge is 2.19. The van der Waals surface area contributed by atoms with Gasteiger partial charge < -0.3 is 10.4 Å². The summed E-state index contributed by atoms with van der Waals surface area (Å²) in [5.41, 5.74) is 0.269. The lowest BCUT2D eigenvalue weighted by Gasteiger charge is -2.12. The number of hydrogen-bond donors (Lipinski definition) is 2. The number of nitrogens with one attached hydrogen (secondary N) is 1. The van der Waals surface area contributed by atoms with E-state index in [1.165, 1.54) is 24.3 Å². The van der Waals surface area contributed by atoms with E-state index in [0.717, 1.165) is 0 Å². The van der Waals surface area contributed by atoms with Gasteiger partial charge in [-0.2, -0.15) is 5.26 Å². The van der Waals surface area contributed by atoms with Crippen molar-refractivity contribution in [1.29, 1.82) is 5.26 Å². The van der Waals surface area contributed by atoms with Gasteiger partial charge in [0.15, 0.2) is 0 Å². The Morgan fingerprint density at radius 2 is 2.19 bits per heavy atom. The van der Waals surface area contributed by atoms with Crippen molar-refractivity contribution >= 4 is 17.6 Å². The Kier molecular flexibility index (Phi) is 5.82. The van der Waals surface area contributed by atoms with Crippen molar-refractivity contribution in [3.8, 4) is 6.07 Å². The first kappa shape index (κ1) is 16.1. The zero-order valence-electron chi connectivity index (χ0n) is 11.0. The number of carboxylic acid groups (broad SMARTS) is 1. The summed E-state index contributed by atoms with van der Waals surface area (Å²) < 4.78 is 0. The normalized spacial score (nSPS) is 11.2. The van der Waals surface area contributed by atoms with Crippen molar-refractivity contribution in [1.82, 2.24) is 5.32 Å². The maximum absolute atomic E-state index is 11.7. The van der Waals surface area contributed by atoms with Crippen molar-refractivity contribution in [3.05, 3.63) is 39.9 Å². The van der Waals surface area contributed by atoms with E-state index in [1.807, 2.05) is 0 Å². The van der Waals surface area contributed by atoms with E-state index >= 15 is 0 Å². The first-order chi connectivity index (χ1) is 9.93. The first-order valence-electron chi connectivity index (χ1n) is 6.06. The third-order valence-electron chi connectivity index (χ3n) is 2.66. The highest BCUT2D eigenvalue weighted by Crippen LogP contribution is 2.13. The van der Waals surface area contributed by atoms with Crippen molar-refractivity contribution in [2.45, 2.75) is 25.3 Å². The summed E-state index contributed by atoms with van der Waals surface area (Å²) >= 11 is 0. The Balaban J connectivity index is 2.68. The third kappa shape index (κ3) is 5.28. The average molecular weight is 291 g/mol. The van der Waals surface area contributed by atoms with E-state index in [9.17, 15) is 19.7 Å². The number of nitro groups is 1. The summed E-state index contributed by atoms with van der Waals surface area (Å²) in [6.07, 6.45) is -0.154. The summed E-state index contributed by atoms with van der Waals surface area (Å²) in [4.78, 5) is 32.7. The van der Waals surface area contributed by atoms with Crippen molar-refractivity contribution in [2.24, 2.45) is 0 Å². The van der Waals surface area contributed by atoms with Gasteiger partial charge in [-0.3, -0.25) is 14.9 Å². The van der Waals surface area contributed by atoms with Crippen LogP contribution in [0.5, 0.6) is 0 Å². The first-order valence-corrected chi connectivity index (χ1v) is 6.06. The Bertz CT molecular complexity index is 594. The number of benzene rings is 1. The lowest BCUT2D eigenvalue weighted by Crippen LogP contribution is -2.41. The van der Waals surface area contributed by atoms with Gasteiger partial charge in [-0.1, -0.05) is 12.1 Å². The van der Waals surface area contributed by atoms with Crippen LogP contribution in [0, 0.1) is 21.4 Å². The van der Waals surface area contributed by atoms with E-state index in [-0.39, 0.29) is 24.9 Å². The molecule has 0 unspecified atom stereocenters. The molecule has 0 spiro atoms. The molecule has 1 atom stereocenters. The van der Waals surface area contributed by atoms with Crippen LogP contribution in [0.15, 0.2) is 24.3 Å². The molecule has 0 saturated heterocycles. The van der Waals surface area contributed by atoms with Gasteiger partial charge in [0, 0.05) is 18.6 Å². The summed E-state index contributed by atoms with van der Waals surface area (Å²) in [5.74, 6) is -1.79. The molecule has 0 aliphatic rings. The SMILES string of the molecule is N#CCC[C@H](NC(=O)Cc1cccc([N+](=O)[O-])c1)C(=O)O. The Hall–Kier alpha value is -2.95. The minimum Gasteiger partial charge on any atom is -0.480 e. The van der Waals surface area contributed by atoms with Crippen LogP contribution >= 0.6 is 0 Å². The fraction of sp³-hybridized carbons (Fsp3) is 0.308. The zero-order valence-corrected chi connectivity index (χ0v) is 11.0. The van der Waals surface area contributed by atoms with Crippen molar-refractivity contribution < 1.29 is 19.6 Å². The van der Waals surface area contributed by atoms with E-state index in [4.69, 9.17) is 10.4 Å². The number of non-ortho nitro benzene ring substituents is 1. The van der Waals surface area contributed by atoms with Crippen LogP contribution in [-0.2, 0) is 16.0 Å². The molecule has 1 amide bonds. The van der Waals surface area contributed by atoms with E-state index in [1.54, 1.807) is 6.07 Å². The molecule has 1 aromatic rings. The van der Waals surface area contributed by atoms with Crippen LogP contribution in [0.2, 0.25) is 0 Å². The average Bonchev–Trinajstić information content (AvgIpc) is 2.43. The third-order valence-corrected chi connectivity index (χ3v) is 2.66. The van der Waals surface area contributed by atoms with Gasteiger partial charge in [0.05, 0.1) is 17.4 Å². The van der Waals surface area contributed by atoms with Crippen LogP contribution < -0.4 is 5.32 Å². The van der Waals surface area contributed by atoms with Gasteiger partial charge in [0.25, 0.3) is 5.69 Å². The van der Waals surface area contributed by atoms with E-state index < -0.39 is 22.8 Å². The topological polar surface area (TPSA) is 133 Å². The maximum atomic E-state index is 11.7. The molecule has 21 heavy (non-hydrogen) atoms. The predicted molar refractivity (Wildman–Crippen MR) is 71.2 cm³/mol. The fourth-order valence-electron chi connectivity index (χ4n) is 1.68. The van der Waals surface area contributed by atoms with Crippen LogP contribution in [0.4, 0.5) is 5.69 Å². The highest BCUT2D eigenvalue weighted by molar-refractivity contribution is 5.84. The molecular formula is C13H13N3O5. The minimum absolute atomic E-state index is 0.00646. The predicted octanol–water partition coefficient (Wildman–Crippen LogP) is 1.01. The molecule has 1 aromatic carbocycles. The number of rotatable bonds is 7.